The van der Waals surface area contributed by atoms with Crippen LogP contribution in [0, 0.1) is 0 Å². The predicted molar refractivity (Wildman–Crippen MR) is 159 cm³/mol. The zero-order chi connectivity index (χ0) is 28.6. The molecule has 3 N–H and O–H groups in total. The maximum absolute atomic E-state index is 12.0. The Bertz CT molecular complexity index is 1420. The number of aliphatic carboxylic acids is 1. The van der Waals surface area contributed by atoms with Gasteiger partial charge in [0.15, 0.2) is 10.6 Å². The van der Waals surface area contributed by atoms with Crippen molar-refractivity contribution in [1.82, 2.24) is 10.3 Å². The number of nitrogens with one attached hydrogen (secondary N) is 1. The number of rotatable bonds is 12. The van der Waals surface area contributed by atoms with Crippen molar-refractivity contribution in [3.63, 3.8) is 0 Å². The van der Waals surface area contributed by atoms with Crippen LogP contribution in [-0.4, -0.2) is 38.9 Å². The van der Waals surface area contributed by atoms with E-state index in [0.29, 0.717) is 19.4 Å². The van der Waals surface area contributed by atoms with Crippen LogP contribution in [0.5, 0.6) is 0 Å². The van der Waals surface area contributed by atoms with Crippen LogP contribution in [0.4, 0.5) is 0 Å². The molecule has 41 heavy (non-hydrogen) atoms. The SMILES string of the molecule is O=C(O)CCCC(=O)NCc1ccc(C2OC(CSc3nc4ccccc4s3)CC(c3ccc(CO)cc3)O2)cc1. The highest BCUT2D eigenvalue weighted by molar-refractivity contribution is 8.01. The highest BCUT2D eigenvalue weighted by Gasteiger charge is 2.32. The lowest BCUT2D eigenvalue weighted by Crippen LogP contribution is -2.31. The lowest BCUT2D eigenvalue weighted by Gasteiger charge is -2.36. The van der Waals surface area contributed by atoms with E-state index in [1.54, 1.807) is 23.1 Å². The van der Waals surface area contributed by atoms with Crippen LogP contribution >= 0.6 is 23.1 Å². The zero-order valence-electron chi connectivity index (χ0n) is 22.4. The van der Waals surface area contributed by atoms with Gasteiger partial charge < -0.3 is 25.0 Å². The molecule has 3 aromatic carbocycles. The number of aromatic nitrogens is 1. The minimum atomic E-state index is -0.900. The lowest BCUT2D eigenvalue weighted by atomic mass is 10.0. The quantitative estimate of drug-likeness (QED) is 0.172. The Morgan fingerprint density at radius 2 is 1.68 bits per heavy atom. The summed E-state index contributed by atoms with van der Waals surface area (Å²) in [5.74, 6) is -0.336. The van der Waals surface area contributed by atoms with Gasteiger partial charge in [-0.2, -0.15) is 0 Å². The van der Waals surface area contributed by atoms with Gasteiger partial charge in [-0.05, 0) is 35.2 Å². The van der Waals surface area contributed by atoms with Crippen molar-refractivity contribution in [3.8, 4) is 0 Å². The number of hydrogen-bond acceptors (Lipinski definition) is 8. The van der Waals surface area contributed by atoms with E-state index in [9.17, 15) is 14.7 Å². The van der Waals surface area contributed by atoms with Crippen LogP contribution in [0.1, 0.15) is 60.3 Å². The molecule has 0 bridgehead atoms. The third kappa shape index (κ3) is 8.15. The van der Waals surface area contributed by atoms with Crippen molar-refractivity contribution in [2.24, 2.45) is 0 Å². The third-order valence-electron chi connectivity index (χ3n) is 6.82. The Hall–Kier alpha value is -3.28. The molecule has 4 aromatic rings. The average molecular weight is 593 g/mol. The number of hydrogen-bond donors (Lipinski definition) is 3. The molecule has 1 aliphatic heterocycles. The fourth-order valence-corrected chi connectivity index (χ4v) is 6.69. The number of amides is 1. The van der Waals surface area contributed by atoms with E-state index in [-0.39, 0.29) is 37.6 Å². The summed E-state index contributed by atoms with van der Waals surface area (Å²) in [6, 6.07) is 23.7. The maximum atomic E-state index is 12.0. The number of aliphatic hydroxyl groups is 1. The van der Waals surface area contributed by atoms with Gasteiger partial charge in [-0.25, -0.2) is 4.98 Å². The molecule has 0 radical (unpaired) electrons. The Balaban J connectivity index is 1.24. The molecule has 1 fully saturated rings. The number of para-hydroxylation sites is 1. The predicted octanol–water partition coefficient (Wildman–Crippen LogP) is 6.00. The van der Waals surface area contributed by atoms with Crippen molar-refractivity contribution in [2.75, 3.05) is 5.75 Å². The van der Waals surface area contributed by atoms with Gasteiger partial charge in [0.2, 0.25) is 5.91 Å². The highest BCUT2D eigenvalue weighted by Crippen LogP contribution is 2.40. The second-order valence-electron chi connectivity index (χ2n) is 9.87. The number of benzene rings is 3. The summed E-state index contributed by atoms with van der Waals surface area (Å²) in [4.78, 5) is 27.4. The lowest BCUT2D eigenvalue weighted by molar-refractivity contribution is -0.245. The number of thiazole rings is 1. The van der Waals surface area contributed by atoms with E-state index in [1.807, 2.05) is 66.7 Å². The molecule has 3 atom stereocenters. The molecule has 1 amide bonds. The van der Waals surface area contributed by atoms with Gasteiger partial charge in [0.05, 0.1) is 29.0 Å². The molecule has 0 saturated carbocycles. The van der Waals surface area contributed by atoms with E-state index >= 15 is 0 Å². The van der Waals surface area contributed by atoms with E-state index in [2.05, 4.69) is 11.4 Å². The fourth-order valence-electron chi connectivity index (χ4n) is 4.58. The van der Waals surface area contributed by atoms with Gasteiger partial charge in [-0.15, -0.1) is 11.3 Å². The number of carbonyl (C=O) groups is 2. The third-order valence-corrected chi connectivity index (χ3v) is 9.13. The fraction of sp³-hybridized carbons (Fsp3) is 0.323. The van der Waals surface area contributed by atoms with Gasteiger partial charge >= 0.3 is 5.97 Å². The summed E-state index contributed by atoms with van der Waals surface area (Å²) in [5, 5.41) is 21.0. The molecule has 0 aliphatic carbocycles. The van der Waals surface area contributed by atoms with Gasteiger partial charge in [-0.1, -0.05) is 72.4 Å². The van der Waals surface area contributed by atoms with Crippen LogP contribution < -0.4 is 5.32 Å². The van der Waals surface area contributed by atoms with Crippen LogP contribution in [0.3, 0.4) is 0 Å². The summed E-state index contributed by atoms with van der Waals surface area (Å²) in [6.45, 7) is 0.355. The number of nitrogens with zero attached hydrogens (tertiary/aromatic N) is 1. The number of carboxylic acids is 1. The first-order chi connectivity index (χ1) is 20.0. The summed E-state index contributed by atoms with van der Waals surface area (Å²) in [7, 11) is 0. The van der Waals surface area contributed by atoms with E-state index in [1.165, 1.54) is 4.70 Å². The molecule has 10 heteroatoms. The minimum Gasteiger partial charge on any atom is -0.481 e. The Morgan fingerprint density at radius 3 is 2.41 bits per heavy atom. The van der Waals surface area contributed by atoms with Gasteiger partial charge in [-0.3, -0.25) is 9.59 Å². The van der Waals surface area contributed by atoms with E-state index in [4.69, 9.17) is 19.6 Å². The zero-order valence-corrected chi connectivity index (χ0v) is 24.0. The smallest absolute Gasteiger partial charge is 0.303 e. The van der Waals surface area contributed by atoms with Crippen LogP contribution in [0.25, 0.3) is 10.2 Å². The molecule has 1 aromatic heterocycles. The molecular formula is C31H32N2O6S2. The number of aliphatic hydroxyl groups excluding tert-OH is 1. The first-order valence-electron chi connectivity index (χ1n) is 13.5. The molecule has 1 aliphatic rings. The molecule has 3 unspecified atom stereocenters. The second-order valence-corrected chi connectivity index (χ2v) is 12.2. The van der Waals surface area contributed by atoms with Crippen molar-refractivity contribution in [2.45, 2.75) is 61.7 Å². The number of thioether (sulfide) groups is 1. The van der Waals surface area contributed by atoms with Gasteiger partial charge in [0.1, 0.15) is 0 Å². The number of carboxylic acid groups (broad SMARTS) is 1. The van der Waals surface area contributed by atoms with Crippen LogP contribution in [0.15, 0.2) is 77.1 Å². The molecule has 5 rings (SSSR count). The van der Waals surface area contributed by atoms with Crippen molar-refractivity contribution >= 4 is 45.2 Å². The molecule has 8 nitrogen and oxygen atoms in total. The summed E-state index contributed by atoms with van der Waals surface area (Å²) >= 11 is 3.38. The average Bonchev–Trinajstić information content (AvgIpc) is 3.42. The second kappa shape index (κ2) is 14.1. The minimum absolute atomic E-state index is 0.00584. The topological polar surface area (TPSA) is 118 Å². The summed E-state index contributed by atoms with van der Waals surface area (Å²) in [6.07, 6.45) is 0.371. The van der Waals surface area contributed by atoms with Gasteiger partial charge in [0.25, 0.3) is 0 Å². The Kier molecular flexibility index (Phi) is 10.0. The van der Waals surface area contributed by atoms with E-state index < -0.39 is 12.3 Å². The first-order valence-corrected chi connectivity index (χ1v) is 15.3. The van der Waals surface area contributed by atoms with E-state index in [0.717, 1.165) is 37.9 Å². The number of ether oxygens (including phenoxy) is 2. The molecule has 1 saturated heterocycles. The largest absolute Gasteiger partial charge is 0.481 e. The summed E-state index contributed by atoms with van der Waals surface area (Å²) in [5.41, 5.74) is 4.70. The standard InChI is InChI=1S/C31H32N2O6S2/c34-18-21-10-12-22(13-11-21)26-16-24(19-40-31-33-25-4-1-2-5-27(25)41-31)38-30(39-26)23-14-8-20(9-15-23)17-32-28(35)6-3-7-29(36)37/h1-2,4-5,8-15,24,26,30,34H,3,6-7,16-19H2,(H,32,35)(H,36,37). The van der Waals surface area contributed by atoms with Crippen molar-refractivity contribution < 1.29 is 29.3 Å². The van der Waals surface area contributed by atoms with Crippen LogP contribution in [-0.2, 0) is 32.2 Å². The normalized spacial score (nSPS) is 18.8. The number of carbonyl (C=O) groups excluding carboxylic acids is 1. The maximum Gasteiger partial charge on any atom is 0.303 e. The van der Waals surface area contributed by atoms with Crippen LogP contribution in [0.2, 0.25) is 0 Å². The Labute approximate surface area is 246 Å². The van der Waals surface area contributed by atoms with Gasteiger partial charge in [0, 0.05) is 37.1 Å². The monoisotopic (exact) mass is 592 g/mol. The molecule has 2 heterocycles. The summed E-state index contributed by atoms with van der Waals surface area (Å²) < 4.78 is 15.1. The molecule has 0 spiro atoms. The number of fused-ring (bicyclic) bond motifs is 1. The molecular weight excluding hydrogens is 560 g/mol. The first kappa shape index (κ1) is 29.2. The Morgan fingerprint density at radius 1 is 0.951 bits per heavy atom. The molecule has 214 valence electrons. The van der Waals surface area contributed by atoms with Crippen molar-refractivity contribution in [1.29, 1.82) is 0 Å². The van der Waals surface area contributed by atoms with Crippen molar-refractivity contribution in [3.05, 3.63) is 95.1 Å². The highest BCUT2D eigenvalue weighted by atomic mass is 32.2.